The fourth-order valence-electron chi connectivity index (χ4n) is 2.40. The Hall–Kier alpha value is -2.52. The van der Waals surface area contributed by atoms with Crippen molar-refractivity contribution in [3.05, 3.63) is 55.9 Å². The number of thiophene rings is 1. The van der Waals surface area contributed by atoms with Crippen LogP contribution < -0.4 is 16.2 Å². The molecule has 2 N–H and O–H groups in total. The Morgan fingerprint density at radius 3 is 2.62 bits per heavy atom. The van der Waals surface area contributed by atoms with Crippen molar-refractivity contribution >= 4 is 55.1 Å². The largest absolute Gasteiger partial charge is 0.325 e. The minimum absolute atomic E-state index is 0.288. The Morgan fingerprint density at radius 2 is 1.92 bits per heavy atom. The average molecular weight is 435 g/mol. The first kappa shape index (κ1) is 18.3. The molecule has 2 aromatic heterocycles. The number of benzene rings is 1. The van der Waals surface area contributed by atoms with Gasteiger partial charge in [0.2, 0.25) is 5.91 Å². The van der Waals surface area contributed by atoms with Crippen LogP contribution >= 0.6 is 27.3 Å². The first-order valence-corrected chi connectivity index (χ1v) is 9.27. The molecular weight excluding hydrogens is 420 g/mol. The molecule has 0 unspecified atom stereocenters. The molecule has 7 nitrogen and oxygen atoms in total. The topological polar surface area (TPSA) is 93.1 Å². The van der Waals surface area contributed by atoms with Crippen LogP contribution in [-0.4, -0.2) is 21.5 Å². The van der Waals surface area contributed by atoms with E-state index in [-0.39, 0.29) is 12.1 Å². The second-order valence-corrected chi connectivity index (χ2v) is 7.77. The summed E-state index contributed by atoms with van der Waals surface area (Å²) in [5.41, 5.74) is 1.12. The summed E-state index contributed by atoms with van der Waals surface area (Å²) in [4.78, 5) is 42.4. The van der Waals surface area contributed by atoms with Crippen LogP contribution in [0, 0.1) is 13.8 Å². The highest BCUT2D eigenvalue weighted by molar-refractivity contribution is 9.10. The zero-order chi connectivity index (χ0) is 18.8. The third-order valence-corrected chi connectivity index (χ3v) is 5.47. The molecule has 0 spiro atoms. The molecule has 0 fully saturated rings. The van der Waals surface area contributed by atoms with Crippen LogP contribution in [0.4, 0.5) is 10.5 Å². The van der Waals surface area contributed by atoms with Gasteiger partial charge in [-0.25, -0.2) is 9.78 Å². The zero-order valence-corrected chi connectivity index (χ0v) is 16.4. The lowest BCUT2D eigenvalue weighted by Crippen LogP contribution is -2.38. The summed E-state index contributed by atoms with van der Waals surface area (Å²) in [5.74, 6) is -0.604. The van der Waals surface area contributed by atoms with Crippen molar-refractivity contribution in [1.29, 1.82) is 0 Å². The molecule has 3 rings (SSSR count). The van der Waals surface area contributed by atoms with Gasteiger partial charge in [-0.3, -0.25) is 19.5 Å². The quantitative estimate of drug-likeness (QED) is 0.661. The molecule has 1 aromatic carbocycles. The van der Waals surface area contributed by atoms with Gasteiger partial charge in [-0.05, 0) is 43.7 Å². The van der Waals surface area contributed by atoms with Gasteiger partial charge in [-0.15, -0.1) is 11.3 Å². The van der Waals surface area contributed by atoms with Gasteiger partial charge >= 0.3 is 6.03 Å². The van der Waals surface area contributed by atoms with Gasteiger partial charge in [0.05, 0.1) is 11.7 Å². The molecule has 0 saturated heterocycles. The average Bonchev–Trinajstić information content (AvgIpc) is 2.87. The molecule has 0 saturated carbocycles. The molecule has 3 aromatic rings. The van der Waals surface area contributed by atoms with Gasteiger partial charge in [-0.1, -0.05) is 15.9 Å². The number of urea groups is 1. The summed E-state index contributed by atoms with van der Waals surface area (Å²) in [6.45, 7) is 3.49. The summed E-state index contributed by atoms with van der Waals surface area (Å²) in [6.07, 6.45) is 1.33. The molecule has 0 bridgehead atoms. The lowest BCUT2D eigenvalue weighted by molar-refractivity contribution is -0.120. The predicted octanol–water partition coefficient (Wildman–Crippen LogP) is 3.19. The fourth-order valence-corrected chi connectivity index (χ4v) is 3.65. The van der Waals surface area contributed by atoms with E-state index in [0.717, 1.165) is 14.9 Å². The van der Waals surface area contributed by atoms with Crippen molar-refractivity contribution in [1.82, 2.24) is 14.9 Å². The van der Waals surface area contributed by atoms with E-state index in [9.17, 15) is 14.4 Å². The Balaban J connectivity index is 1.70. The van der Waals surface area contributed by atoms with E-state index >= 15 is 0 Å². The molecule has 134 valence electrons. The molecule has 0 aliphatic carbocycles. The van der Waals surface area contributed by atoms with E-state index in [2.05, 4.69) is 31.5 Å². The second-order valence-electron chi connectivity index (χ2n) is 5.65. The first-order chi connectivity index (χ1) is 12.3. The van der Waals surface area contributed by atoms with Crippen LogP contribution in [0.5, 0.6) is 0 Å². The lowest BCUT2D eigenvalue weighted by atomic mass is 10.2. The molecule has 0 aliphatic rings. The van der Waals surface area contributed by atoms with Crippen LogP contribution in [0.15, 0.2) is 39.9 Å². The highest BCUT2D eigenvalue weighted by atomic mass is 79.9. The van der Waals surface area contributed by atoms with Gasteiger partial charge in [0.25, 0.3) is 5.56 Å². The molecule has 3 amide bonds. The molecule has 26 heavy (non-hydrogen) atoms. The van der Waals surface area contributed by atoms with Gasteiger partial charge in [0.15, 0.2) is 0 Å². The summed E-state index contributed by atoms with van der Waals surface area (Å²) < 4.78 is 2.07. The van der Waals surface area contributed by atoms with E-state index in [1.807, 2.05) is 13.8 Å². The number of fused-ring (bicyclic) bond motifs is 1. The van der Waals surface area contributed by atoms with Crippen molar-refractivity contribution in [2.24, 2.45) is 0 Å². The summed E-state index contributed by atoms with van der Waals surface area (Å²) in [5, 5.41) is 5.27. The van der Waals surface area contributed by atoms with Crippen molar-refractivity contribution in [2.45, 2.75) is 20.4 Å². The molecule has 9 heteroatoms. The fraction of sp³-hybridized carbons (Fsp3) is 0.176. The van der Waals surface area contributed by atoms with Gasteiger partial charge in [-0.2, -0.15) is 0 Å². The summed E-state index contributed by atoms with van der Waals surface area (Å²) >= 11 is 4.74. The Bertz CT molecular complexity index is 1060. The van der Waals surface area contributed by atoms with Crippen molar-refractivity contribution in [3.8, 4) is 0 Å². The number of nitrogens with zero attached hydrogens (tertiary/aromatic N) is 2. The number of nitrogens with one attached hydrogen (secondary N) is 2. The number of halogens is 1. The molecule has 0 aliphatic heterocycles. The molecule has 2 heterocycles. The van der Waals surface area contributed by atoms with E-state index in [1.54, 1.807) is 24.3 Å². The first-order valence-electron chi connectivity index (χ1n) is 7.66. The predicted molar refractivity (Wildman–Crippen MR) is 105 cm³/mol. The number of anilines is 1. The minimum Gasteiger partial charge on any atom is -0.308 e. The zero-order valence-electron chi connectivity index (χ0n) is 14.0. The molecular formula is C17H15BrN4O3S. The number of amides is 3. The SMILES string of the molecule is Cc1sc2ncn(CC(=O)NC(=O)Nc3ccc(Br)cc3)c(=O)c2c1C. The standard InChI is InChI=1S/C17H15BrN4O3S/c1-9-10(2)26-15-14(9)16(24)22(8-19-15)7-13(23)21-17(25)20-12-5-3-11(18)4-6-12/h3-6,8H,7H2,1-2H3,(H2,20,21,23,25). The highest BCUT2D eigenvalue weighted by Crippen LogP contribution is 2.25. The number of carbonyl (C=O) groups is 2. The van der Waals surface area contributed by atoms with E-state index in [4.69, 9.17) is 0 Å². The number of aryl methyl sites for hydroxylation is 2. The highest BCUT2D eigenvalue weighted by Gasteiger charge is 2.15. The van der Waals surface area contributed by atoms with Crippen LogP contribution in [-0.2, 0) is 11.3 Å². The third-order valence-electron chi connectivity index (χ3n) is 3.82. The number of imide groups is 1. The van der Waals surface area contributed by atoms with Gasteiger partial charge in [0.1, 0.15) is 11.4 Å². The molecule has 0 radical (unpaired) electrons. The van der Waals surface area contributed by atoms with E-state index in [1.165, 1.54) is 22.2 Å². The van der Waals surface area contributed by atoms with Crippen LogP contribution in [0.25, 0.3) is 10.2 Å². The Kier molecular flexibility index (Phi) is 5.19. The van der Waals surface area contributed by atoms with E-state index in [0.29, 0.717) is 15.9 Å². The summed E-state index contributed by atoms with van der Waals surface area (Å²) in [7, 11) is 0. The number of rotatable bonds is 3. The number of aromatic nitrogens is 2. The smallest absolute Gasteiger partial charge is 0.308 e. The maximum atomic E-state index is 12.6. The monoisotopic (exact) mass is 434 g/mol. The molecule has 0 atom stereocenters. The van der Waals surface area contributed by atoms with Crippen LogP contribution in [0.1, 0.15) is 10.4 Å². The number of carbonyl (C=O) groups excluding carboxylic acids is 2. The minimum atomic E-state index is -0.665. The maximum Gasteiger partial charge on any atom is 0.325 e. The number of hydrogen-bond donors (Lipinski definition) is 2. The van der Waals surface area contributed by atoms with Crippen molar-refractivity contribution < 1.29 is 9.59 Å². The van der Waals surface area contributed by atoms with Gasteiger partial charge in [0, 0.05) is 15.0 Å². The second kappa shape index (κ2) is 7.38. The Labute approximate surface area is 161 Å². The van der Waals surface area contributed by atoms with E-state index < -0.39 is 11.9 Å². The normalized spacial score (nSPS) is 10.7. The third kappa shape index (κ3) is 3.83. The number of hydrogen-bond acceptors (Lipinski definition) is 5. The maximum absolute atomic E-state index is 12.6. The van der Waals surface area contributed by atoms with Crippen molar-refractivity contribution in [3.63, 3.8) is 0 Å². The van der Waals surface area contributed by atoms with Gasteiger partial charge < -0.3 is 5.32 Å². The van der Waals surface area contributed by atoms with Crippen molar-refractivity contribution in [2.75, 3.05) is 5.32 Å². The summed E-state index contributed by atoms with van der Waals surface area (Å²) in [6, 6.07) is 6.25. The Morgan fingerprint density at radius 1 is 1.23 bits per heavy atom. The lowest BCUT2D eigenvalue weighted by Gasteiger charge is -2.08. The van der Waals surface area contributed by atoms with Crippen LogP contribution in [0.3, 0.4) is 0 Å². The van der Waals surface area contributed by atoms with Crippen LogP contribution in [0.2, 0.25) is 0 Å².